The van der Waals surface area contributed by atoms with E-state index in [0.29, 0.717) is 5.56 Å². The first-order valence-corrected chi connectivity index (χ1v) is 9.69. The molecule has 0 radical (unpaired) electrons. The first-order valence-electron chi connectivity index (χ1n) is 7.77. The molecule has 3 aromatic rings. The number of ketones is 1. The van der Waals surface area contributed by atoms with Crippen LogP contribution in [0.5, 0.6) is 0 Å². The van der Waals surface area contributed by atoms with Gasteiger partial charge in [0.1, 0.15) is 4.90 Å². The van der Waals surface area contributed by atoms with E-state index in [0.717, 1.165) is 16.8 Å². The van der Waals surface area contributed by atoms with E-state index < -0.39 is 22.6 Å². The van der Waals surface area contributed by atoms with Crippen molar-refractivity contribution in [2.45, 2.75) is 4.90 Å². The molecule has 0 aliphatic rings. The summed E-state index contributed by atoms with van der Waals surface area (Å²) < 4.78 is 27.9. The molecule has 138 valence electrons. The number of hydrogen-bond donors (Lipinski definition) is 1. The number of nitrogens with two attached hydrogens (primary N) is 1. The molecule has 0 heterocycles. The Balaban J connectivity index is 1.74. The van der Waals surface area contributed by atoms with Gasteiger partial charge in [0.05, 0.1) is 10.6 Å². The Labute approximate surface area is 160 Å². The first kappa shape index (κ1) is 19.0. The minimum Gasteiger partial charge on any atom is -0.454 e. The van der Waals surface area contributed by atoms with Crippen molar-refractivity contribution in [2.75, 3.05) is 6.61 Å². The second-order valence-corrected chi connectivity index (χ2v) is 7.69. The molecule has 3 aromatic carbocycles. The van der Waals surface area contributed by atoms with Gasteiger partial charge in [0.15, 0.2) is 12.4 Å². The third-order valence-corrected chi connectivity index (χ3v) is 5.27. The largest absolute Gasteiger partial charge is 0.454 e. The molecule has 3 rings (SSSR count). The Bertz CT molecular complexity index is 1160. The Hall–Kier alpha value is -2.74. The molecule has 0 saturated carbocycles. The molecule has 27 heavy (non-hydrogen) atoms. The van der Waals surface area contributed by atoms with E-state index in [2.05, 4.69) is 0 Å². The van der Waals surface area contributed by atoms with Crippen LogP contribution in [0.25, 0.3) is 10.8 Å². The summed E-state index contributed by atoms with van der Waals surface area (Å²) in [6.07, 6.45) is 0. The molecule has 0 aliphatic carbocycles. The van der Waals surface area contributed by atoms with E-state index in [1.807, 2.05) is 30.3 Å². The number of rotatable bonds is 5. The lowest BCUT2D eigenvalue weighted by molar-refractivity contribution is 0.0474. The maximum Gasteiger partial charge on any atom is 0.338 e. The van der Waals surface area contributed by atoms with E-state index in [9.17, 15) is 18.0 Å². The fraction of sp³-hybridized carbons (Fsp3) is 0.0526. The van der Waals surface area contributed by atoms with Crippen LogP contribution in [0.1, 0.15) is 20.7 Å². The molecule has 0 spiro atoms. The highest BCUT2D eigenvalue weighted by Crippen LogP contribution is 2.22. The number of ether oxygens (including phenoxy) is 1. The predicted molar refractivity (Wildman–Crippen MR) is 101 cm³/mol. The average Bonchev–Trinajstić information content (AvgIpc) is 2.64. The van der Waals surface area contributed by atoms with E-state index in [1.54, 1.807) is 12.1 Å². The average molecular weight is 404 g/mol. The molecular weight excluding hydrogens is 390 g/mol. The standard InChI is InChI=1S/C19H14ClNO5S/c20-16-8-7-15(10-18(16)27(21,24)25)19(23)26-11-17(22)14-6-5-12-3-1-2-4-13(12)9-14/h1-10H,11H2,(H2,21,24,25). The lowest BCUT2D eigenvalue weighted by Gasteiger charge is -2.07. The number of carbonyl (C=O) groups excluding carboxylic acids is 2. The molecule has 6 nitrogen and oxygen atoms in total. The number of hydrogen-bond acceptors (Lipinski definition) is 5. The monoisotopic (exact) mass is 403 g/mol. The van der Waals surface area contributed by atoms with Gasteiger partial charge >= 0.3 is 5.97 Å². The molecule has 0 aromatic heterocycles. The fourth-order valence-corrected chi connectivity index (χ4v) is 3.58. The van der Waals surface area contributed by atoms with Gasteiger partial charge < -0.3 is 4.74 Å². The third kappa shape index (κ3) is 4.33. The summed E-state index contributed by atoms with van der Waals surface area (Å²) in [5.74, 6) is -1.24. The van der Waals surface area contributed by atoms with Crippen molar-refractivity contribution in [2.24, 2.45) is 5.14 Å². The van der Waals surface area contributed by atoms with Crippen molar-refractivity contribution in [1.29, 1.82) is 0 Å². The molecule has 0 bridgehead atoms. The van der Waals surface area contributed by atoms with Crippen molar-refractivity contribution in [3.8, 4) is 0 Å². The lowest BCUT2D eigenvalue weighted by atomic mass is 10.0. The van der Waals surface area contributed by atoms with Crippen LogP contribution in [0.2, 0.25) is 5.02 Å². The van der Waals surface area contributed by atoms with Crippen LogP contribution in [0, 0.1) is 0 Å². The molecule has 0 fully saturated rings. The number of esters is 1. The van der Waals surface area contributed by atoms with Gasteiger partial charge in [0, 0.05) is 5.56 Å². The van der Waals surface area contributed by atoms with Crippen LogP contribution in [-0.2, 0) is 14.8 Å². The van der Waals surface area contributed by atoms with Gasteiger partial charge in [-0.2, -0.15) is 0 Å². The Morgan fingerprint density at radius 2 is 1.59 bits per heavy atom. The third-order valence-electron chi connectivity index (χ3n) is 3.88. The molecular formula is C19H14ClNO5S. The quantitative estimate of drug-likeness (QED) is 0.520. The van der Waals surface area contributed by atoms with Gasteiger partial charge in [-0.15, -0.1) is 0 Å². The summed E-state index contributed by atoms with van der Waals surface area (Å²) in [6, 6.07) is 16.3. The fourth-order valence-electron chi connectivity index (χ4n) is 2.51. The van der Waals surface area contributed by atoms with Crippen LogP contribution in [0.4, 0.5) is 0 Å². The number of sulfonamides is 1. The van der Waals surface area contributed by atoms with Crippen molar-refractivity contribution in [1.82, 2.24) is 0 Å². The number of carbonyl (C=O) groups is 2. The van der Waals surface area contributed by atoms with Gasteiger partial charge in [-0.3, -0.25) is 4.79 Å². The van der Waals surface area contributed by atoms with E-state index in [-0.39, 0.29) is 21.3 Å². The van der Waals surface area contributed by atoms with Crippen molar-refractivity contribution < 1.29 is 22.7 Å². The highest BCUT2D eigenvalue weighted by molar-refractivity contribution is 7.89. The van der Waals surface area contributed by atoms with Gasteiger partial charge in [-0.05, 0) is 35.0 Å². The van der Waals surface area contributed by atoms with Gasteiger partial charge in [0.25, 0.3) is 0 Å². The lowest BCUT2D eigenvalue weighted by Crippen LogP contribution is -2.16. The molecule has 0 saturated heterocycles. The zero-order valence-corrected chi connectivity index (χ0v) is 15.5. The molecule has 0 atom stereocenters. The van der Waals surface area contributed by atoms with Crippen LogP contribution >= 0.6 is 11.6 Å². The van der Waals surface area contributed by atoms with Crippen LogP contribution in [-0.4, -0.2) is 26.8 Å². The minimum absolute atomic E-state index is 0.0743. The molecule has 0 aliphatic heterocycles. The van der Waals surface area contributed by atoms with E-state index in [1.165, 1.54) is 12.1 Å². The zero-order valence-electron chi connectivity index (χ0n) is 13.9. The van der Waals surface area contributed by atoms with Crippen LogP contribution in [0.3, 0.4) is 0 Å². The topological polar surface area (TPSA) is 104 Å². The summed E-state index contributed by atoms with van der Waals surface area (Å²) >= 11 is 5.78. The van der Waals surface area contributed by atoms with Crippen LogP contribution < -0.4 is 5.14 Å². The normalized spacial score (nSPS) is 11.3. The minimum atomic E-state index is -4.09. The smallest absolute Gasteiger partial charge is 0.338 e. The van der Waals surface area contributed by atoms with Gasteiger partial charge in [-0.25, -0.2) is 18.4 Å². The van der Waals surface area contributed by atoms with E-state index >= 15 is 0 Å². The first-order chi connectivity index (χ1) is 12.8. The Morgan fingerprint density at radius 1 is 0.926 bits per heavy atom. The van der Waals surface area contributed by atoms with Crippen LogP contribution in [0.15, 0.2) is 65.6 Å². The summed E-state index contributed by atoms with van der Waals surface area (Å²) in [4.78, 5) is 24.0. The van der Waals surface area contributed by atoms with Gasteiger partial charge in [0.2, 0.25) is 10.0 Å². The second-order valence-electron chi connectivity index (χ2n) is 5.75. The zero-order chi connectivity index (χ0) is 19.6. The van der Waals surface area contributed by atoms with Crippen molar-refractivity contribution in [3.05, 3.63) is 76.8 Å². The number of primary sulfonamides is 1. The number of Topliss-reactive ketones (excluding diaryl/α,β-unsaturated/α-hetero) is 1. The Morgan fingerprint density at radius 3 is 2.30 bits per heavy atom. The second kappa shape index (κ2) is 7.48. The van der Waals surface area contributed by atoms with E-state index in [4.69, 9.17) is 21.5 Å². The van der Waals surface area contributed by atoms with Gasteiger partial charge in [-0.1, -0.05) is 48.0 Å². The Kier molecular flexibility index (Phi) is 5.27. The molecule has 0 unspecified atom stereocenters. The number of benzene rings is 3. The number of halogens is 1. The maximum atomic E-state index is 12.3. The molecule has 2 N–H and O–H groups in total. The SMILES string of the molecule is NS(=O)(=O)c1cc(C(=O)OCC(=O)c2ccc3ccccc3c2)ccc1Cl. The number of fused-ring (bicyclic) bond motifs is 1. The summed E-state index contributed by atoms with van der Waals surface area (Å²) in [5.41, 5.74) is 0.331. The summed E-state index contributed by atoms with van der Waals surface area (Å²) in [6.45, 7) is -0.482. The molecule has 0 amide bonds. The highest BCUT2D eigenvalue weighted by atomic mass is 35.5. The summed E-state index contributed by atoms with van der Waals surface area (Å²) in [5, 5.41) is 6.82. The van der Waals surface area contributed by atoms with Crippen molar-refractivity contribution >= 4 is 44.1 Å². The maximum absolute atomic E-state index is 12.3. The van der Waals surface area contributed by atoms with Crippen molar-refractivity contribution in [3.63, 3.8) is 0 Å². The molecule has 8 heteroatoms. The predicted octanol–water partition coefficient (Wildman–Crippen LogP) is 3.18. The summed E-state index contributed by atoms with van der Waals surface area (Å²) in [7, 11) is -4.09. The highest BCUT2D eigenvalue weighted by Gasteiger charge is 2.18.